The van der Waals surface area contributed by atoms with Crippen molar-refractivity contribution in [3.05, 3.63) is 53.1 Å². The van der Waals surface area contributed by atoms with Crippen LogP contribution in [-0.2, 0) is 27.5 Å². The van der Waals surface area contributed by atoms with E-state index in [0.717, 1.165) is 17.9 Å². The second kappa shape index (κ2) is 9.14. The van der Waals surface area contributed by atoms with Gasteiger partial charge in [0.05, 0.1) is 6.54 Å². The Balaban J connectivity index is 1.24. The van der Waals surface area contributed by atoms with Crippen molar-refractivity contribution in [3.63, 3.8) is 0 Å². The van der Waals surface area contributed by atoms with Gasteiger partial charge in [-0.25, -0.2) is 0 Å². The number of piperidine rings is 1. The summed E-state index contributed by atoms with van der Waals surface area (Å²) in [4.78, 5) is 50.6. The molecule has 1 fully saturated rings. The average molecular weight is 464 g/mol. The highest BCUT2D eigenvalue weighted by molar-refractivity contribution is 6.05. The normalized spacial score (nSPS) is 19.5. The van der Waals surface area contributed by atoms with E-state index < -0.39 is 11.9 Å². The molecule has 10 heteroatoms. The van der Waals surface area contributed by atoms with Gasteiger partial charge in [0.15, 0.2) is 6.61 Å². The van der Waals surface area contributed by atoms with Crippen molar-refractivity contribution in [2.24, 2.45) is 0 Å². The van der Waals surface area contributed by atoms with Gasteiger partial charge in [0.1, 0.15) is 24.1 Å². The summed E-state index contributed by atoms with van der Waals surface area (Å²) in [6.07, 6.45) is 0.468. The van der Waals surface area contributed by atoms with Gasteiger partial charge in [0, 0.05) is 41.9 Å². The summed E-state index contributed by atoms with van der Waals surface area (Å²) >= 11 is 0. The minimum absolute atomic E-state index is 0.177. The van der Waals surface area contributed by atoms with Gasteiger partial charge in [-0.1, -0.05) is 6.07 Å². The van der Waals surface area contributed by atoms with E-state index >= 15 is 0 Å². The second-order valence-corrected chi connectivity index (χ2v) is 8.37. The van der Waals surface area contributed by atoms with Crippen LogP contribution in [0.3, 0.4) is 0 Å². The Kier molecular flexibility index (Phi) is 5.89. The Morgan fingerprint density at radius 3 is 2.94 bits per heavy atom. The number of nitrogens with one attached hydrogen (secondary N) is 3. The van der Waals surface area contributed by atoms with E-state index in [2.05, 4.69) is 16.0 Å². The van der Waals surface area contributed by atoms with Crippen molar-refractivity contribution < 1.29 is 28.7 Å². The standard InChI is InChI=1S/C24H24N4O6/c29-21-7-5-18(23(31)27-21)28-12-17-16(24(28)32)2-1-3-20(17)34-13-22(30)26-15-4-6-19-14(10-15)11-25-8-9-33-19/h1-4,6,10,18,25H,5,7-9,11-13H2,(H,26,30)(H,27,29,31). The van der Waals surface area contributed by atoms with Crippen LogP contribution in [0.1, 0.15) is 34.3 Å². The third-order valence-corrected chi connectivity index (χ3v) is 6.09. The number of amides is 4. The number of hydrogen-bond donors (Lipinski definition) is 3. The molecule has 3 aliphatic heterocycles. The molecule has 0 saturated carbocycles. The molecule has 10 nitrogen and oxygen atoms in total. The predicted molar refractivity (Wildman–Crippen MR) is 120 cm³/mol. The molecule has 5 rings (SSSR count). The summed E-state index contributed by atoms with van der Waals surface area (Å²) in [5.41, 5.74) is 2.65. The topological polar surface area (TPSA) is 126 Å². The number of carbonyl (C=O) groups excluding carboxylic acids is 4. The number of nitrogens with zero attached hydrogens (tertiary/aromatic N) is 1. The maximum atomic E-state index is 12.9. The minimum atomic E-state index is -0.708. The molecule has 0 bridgehead atoms. The molecule has 0 aliphatic carbocycles. The molecule has 0 aromatic heterocycles. The molecule has 0 spiro atoms. The quantitative estimate of drug-likeness (QED) is 0.563. The molecule has 1 unspecified atom stereocenters. The molecule has 3 N–H and O–H groups in total. The lowest BCUT2D eigenvalue weighted by molar-refractivity contribution is -0.137. The maximum absolute atomic E-state index is 12.9. The van der Waals surface area contributed by atoms with Crippen LogP contribution in [0.5, 0.6) is 11.5 Å². The third kappa shape index (κ3) is 4.32. The van der Waals surface area contributed by atoms with Crippen molar-refractivity contribution in [1.29, 1.82) is 0 Å². The summed E-state index contributed by atoms with van der Waals surface area (Å²) in [5.74, 6) is -0.231. The smallest absolute Gasteiger partial charge is 0.262 e. The Hall–Kier alpha value is -3.92. The van der Waals surface area contributed by atoms with Gasteiger partial charge >= 0.3 is 0 Å². The van der Waals surface area contributed by atoms with Gasteiger partial charge in [-0.05, 0) is 36.8 Å². The summed E-state index contributed by atoms with van der Waals surface area (Å²) in [5, 5.41) is 8.36. The van der Waals surface area contributed by atoms with Gasteiger partial charge in [0.25, 0.3) is 11.8 Å². The number of rotatable bonds is 5. The fourth-order valence-electron chi connectivity index (χ4n) is 4.43. The molecular formula is C24H24N4O6. The lowest BCUT2D eigenvalue weighted by atomic mass is 10.0. The lowest BCUT2D eigenvalue weighted by Crippen LogP contribution is -2.52. The number of anilines is 1. The van der Waals surface area contributed by atoms with Crippen molar-refractivity contribution in [1.82, 2.24) is 15.5 Å². The van der Waals surface area contributed by atoms with E-state index in [1.165, 1.54) is 4.90 Å². The van der Waals surface area contributed by atoms with Crippen LogP contribution in [0.4, 0.5) is 5.69 Å². The van der Waals surface area contributed by atoms with Crippen molar-refractivity contribution in [2.75, 3.05) is 25.1 Å². The Morgan fingerprint density at radius 2 is 2.09 bits per heavy atom. The molecular weight excluding hydrogens is 440 g/mol. The number of carbonyl (C=O) groups is 4. The first-order valence-corrected chi connectivity index (χ1v) is 11.2. The SMILES string of the molecule is O=C1CCC(N2Cc3c(OCC(=O)Nc4ccc5c(c4)CNCCO5)cccc3C2=O)C(=O)N1. The highest BCUT2D eigenvalue weighted by Crippen LogP contribution is 2.33. The molecule has 3 aliphatic rings. The molecule has 1 atom stereocenters. The first-order chi connectivity index (χ1) is 16.5. The molecule has 176 valence electrons. The maximum Gasteiger partial charge on any atom is 0.262 e. The predicted octanol–water partition coefficient (Wildman–Crippen LogP) is 0.947. The Labute approximate surface area is 195 Å². The largest absolute Gasteiger partial charge is 0.492 e. The molecule has 0 radical (unpaired) electrons. The molecule has 4 amide bonds. The first kappa shape index (κ1) is 21.9. The zero-order chi connectivity index (χ0) is 23.7. The van der Waals surface area contributed by atoms with Gasteiger partial charge in [-0.2, -0.15) is 0 Å². The molecule has 34 heavy (non-hydrogen) atoms. The van der Waals surface area contributed by atoms with Crippen molar-refractivity contribution in [2.45, 2.75) is 32.0 Å². The van der Waals surface area contributed by atoms with Crippen LogP contribution < -0.4 is 25.4 Å². The van der Waals surface area contributed by atoms with Crippen LogP contribution in [0.2, 0.25) is 0 Å². The molecule has 2 aromatic rings. The van der Waals surface area contributed by atoms with E-state index in [9.17, 15) is 19.2 Å². The van der Waals surface area contributed by atoms with Gasteiger partial charge in [-0.15, -0.1) is 0 Å². The van der Waals surface area contributed by atoms with Crippen LogP contribution in [0, 0.1) is 0 Å². The fourth-order valence-corrected chi connectivity index (χ4v) is 4.43. The monoisotopic (exact) mass is 464 g/mol. The van der Waals surface area contributed by atoms with Gasteiger partial charge in [0.2, 0.25) is 11.8 Å². The summed E-state index contributed by atoms with van der Waals surface area (Å²) in [7, 11) is 0. The third-order valence-electron chi connectivity index (χ3n) is 6.09. The number of ether oxygens (including phenoxy) is 2. The molecule has 1 saturated heterocycles. The Bertz CT molecular complexity index is 1180. The minimum Gasteiger partial charge on any atom is -0.492 e. The van der Waals surface area contributed by atoms with Gasteiger partial charge < -0.3 is 25.0 Å². The van der Waals surface area contributed by atoms with E-state index in [1.54, 1.807) is 24.3 Å². The van der Waals surface area contributed by atoms with Crippen molar-refractivity contribution in [3.8, 4) is 11.5 Å². The highest BCUT2D eigenvalue weighted by Gasteiger charge is 2.40. The average Bonchev–Trinajstić information content (AvgIpc) is 2.99. The van der Waals surface area contributed by atoms with Crippen LogP contribution >= 0.6 is 0 Å². The lowest BCUT2D eigenvalue weighted by Gasteiger charge is -2.29. The number of benzene rings is 2. The zero-order valence-corrected chi connectivity index (χ0v) is 18.4. The van der Waals surface area contributed by atoms with Gasteiger partial charge in [-0.3, -0.25) is 24.5 Å². The zero-order valence-electron chi connectivity index (χ0n) is 18.4. The first-order valence-electron chi connectivity index (χ1n) is 11.2. The second-order valence-electron chi connectivity index (χ2n) is 8.37. The summed E-state index contributed by atoms with van der Waals surface area (Å²) in [6, 6.07) is 9.80. The summed E-state index contributed by atoms with van der Waals surface area (Å²) in [6.45, 7) is 1.95. The van der Waals surface area contributed by atoms with E-state index in [1.807, 2.05) is 12.1 Å². The number of imide groups is 1. The highest BCUT2D eigenvalue weighted by atomic mass is 16.5. The molecule has 2 aromatic carbocycles. The van der Waals surface area contributed by atoms with E-state index in [-0.39, 0.29) is 43.7 Å². The summed E-state index contributed by atoms with van der Waals surface area (Å²) < 4.78 is 11.4. The molecule has 3 heterocycles. The fraction of sp³-hybridized carbons (Fsp3) is 0.333. The van der Waals surface area contributed by atoms with Crippen LogP contribution in [-0.4, -0.2) is 54.3 Å². The van der Waals surface area contributed by atoms with E-state index in [0.29, 0.717) is 35.7 Å². The van der Waals surface area contributed by atoms with Crippen molar-refractivity contribution >= 4 is 29.3 Å². The van der Waals surface area contributed by atoms with E-state index in [4.69, 9.17) is 9.47 Å². The van der Waals surface area contributed by atoms with Crippen LogP contribution in [0.25, 0.3) is 0 Å². The Morgan fingerprint density at radius 1 is 1.21 bits per heavy atom. The number of hydrogen-bond acceptors (Lipinski definition) is 7. The number of fused-ring (bicyclic) bond motifs is 2. The van der Waals surface area contributed by atoms with Crippen LogP contribution in [0.15, 0.2) is 36.4 Å².